The van der Waals surface area contributed by atoms with E-state index < -0.39 is 12.1 Å². The molecule has 0 radical (unpaired) electrons. The lowest BCUT2D eigenvalue weighted by Crippen LogP contribution is -2.51. The van der Waals surface area contributed by atoms with E-state index in [1.807, 2.05) is 39.0 Å². The van der Waals surface area contributed by atoms with E-state index in [1.54, 1.807) is 30.2 Å². The highest BCUT2D eigenvalue weighted by Gasteiger charge is 2.20. The Morgan fingerprint density at radius 1 is 1.28 bits per heavy atom. The van der Waals surface area contributed by atoms with E-state index in [0.717, 1.165) is 5.69 Å². The van der Waals surface area contributed by atoms with Gasteiger partial charge in [-0.25, -0.2) is 4.79 Å². The maximum Gasteiger partial charge on any atom is 0.319 e. The van der Waals surface area contributed by atoms with Crippen LogP contribution in [0.4, 0.5) is 10.5 Å². The SMILES string of the molecule is C[C@@H](NC(=O)Nc1cnn(Cc2ccccn2)c1)C(=O)NC(C)(C)C. The van der Waals surface area contributed by atoms with Crippen LogP contribution in [0.1, 0.15) is 33.4 Å². The Labute approximate surface area is 147 Å². The third-order valence-corrected chi connectivity index (χ3v) is 3.18. The number of nitrogens with one attached hydrogen (secondary N) is 3. The standard InChI is InChI=1S/C17H24N6O2/c1-12(15(24)22-17(2,3)4)20-16(25)21-14-9-19-23(11-14)10-13-7-5-6-8-18-13/h5-9,11-12H,10H2,1-4H3,(H,22,24)(H2,20,21,25)/t12-/m1/s1. The Morgan fingerprint density at radius 3 is 2.68 bits per heavy atom. The number of urea groups is 1. The number of pyridine rings is 1. The second kappa shape index (κ2) is 7.78. The number of carbonyl (C=O) groups excluding carboxylic acids is 2. The third kappa shape index (κ3) is 6.25. The minimum absolute atomic E-state index is 0.242. The molecule has 2 rings (SSSR count). The molecule has 0 aromatic carbocycles. The zero-order valence-corrected chi connectivity index (χ0v) is 14.9. The van der Waals surface area contributed by atoms with E-state index in [1.165, 1.54) is 0 Å². The predicted molar refractivity (Wildman–Crippen MR) is 95.1 cm³/mol. The van der Waals surface area contributed by atoms with E-state index in [-0.39, 0.29) is 11.4 Å². The summed E-state index contributed by atoms with van der Waals surface area (Å²) in [7, 11) is 0. The van der Waals surface area contributed by atoms with Crippen molar-refractivity contribution in [1.29, 1.82) is 0 Å². The summed E-state index contributed by atoms with van der Waals surface area (Å²) in [6.45, 7) is 7.79. The number of carbonyl (C=O) groups is 2. The summed E-state index contributed by atoms with van der Waals surface area (Å²) >= 11 is 0. The Bertz CT molecular complexity index is 720. The van der Waals surface area contributed by atoms with Gasteiger partial charge in [0.2, 0.25) is 5.91 Å². The highest BCUT2D eigenvalue weighted by molar-refractivity contribution is 5.93. The monoisotopic (exact) mass is 344 g/mol. The number of hydrogen-bond donors (Lipinski definition) is 3. The smallest absolute Gasteiger partial charge is 0.319 e. The van der Waals surface area contributed by atoms with Gasteiger partial charge in [0.05, 0.1) is 24.1 Å². The molecule has 3 amide bonds. The number of hydrogen-bond acceptors (Lipinski definition) is 4. The summed E-state index contributed by atoms with van der Waals surface area (Å²) in [4.78, 5) is 28.2. The van der Waals surface area contributed by atoms with Gasteiger partial charge in [-0.2, -0.15) is 5.10 Å². The maximum absolute atomic E-state index is 12.0. The number of rotatable bonds is 5. The second-order valence-corrected chi connectivity index (χ2v) is 6.81. The first kappa shape index (κ1) is 18.4. The lowest BCUT2D eigenvalue weighted by Gasteiger charge is -2.23. The minimum atomic E-state index is -0.650. The fourth-order valence-corrected chi connectivity index (χ4v) is 2.08. The fourth-order valence-electron chi connectivity index (χ4n) is 2.08. The Hall–Kier alpha value is -2.90. The Kier molecular flexibility index (Phi) is 5.74. The predicted octanol–water partition coefficient (Wildman–Crippen LogP) is 1.75. The zero-order chi connectivity index (χ0) is 18.4. The van der Waals surface area contributed by atoms with Gasteiger partial charge >= 0.3 is 6.03 Å². The van der Waals surface area contributed by atoms with Gasteiger partial charge in [0, 0.05) is 17.9 Å². The summed E-state index contributed by atoms with van der Waals surface area (Å²) in [6.07, 6.45) is 4.96. The van der Waals surface area contributed by atoms with Crippen LogP contribution in [0.2, 0.25) is 0 Å². The van der Waals surface area contributed by atoms with Crippen molar-refractivity contribution in [3.8, 4) is 0 Å². The molecule has 8 nitrogen and oxygen atoms in total. The largest absolute Gasteiger partial charge is 0.350 e. The van der Waals surface area contributed by atoms with Gasteiger partial charge < -0.3 is 16.0 Å². The summed E-state index contributed by atoms with van der Waals surface area (Å²) < 4.78 is 1.67. The van der Waals surface area contributed by atoms with Crippen molar-refractivity contribution in [3.63, 3.8) is 0 Å². The number of aromatic nitrogens is 3. The topological polar surface area (TPSA) is 101 Å². The lowest BCUT2D eigenvalue weighted by molar-refractivity contribution is -0.123. The first-order valence-corrected chi connectivity index (χ1v) is 8.05. The van der Waals surface area contributed by atoms with Crippen LogP contribution in [0, 0.1) is 0 Å². The maximum atomic E-state index is 12.0. The molecule has 25 heavy (non-hydrogen) atoms. The molecule has 2 aromatic heterocycles. The van der Waals surface area contributed by atoms with Crippen molar-refractivity contribution in [2.45, 2.75) is 45.8 Å². The molecule has 0 unspecified atom stereocenters. The summed E-state index contributed by atoms with van der Waals surface area (Å²) in [5.41, 5.74) is 1.06. The van der Waals surface area contributed by atoms with Gasteiger partial charge in [0.1, 0.15) is 6.04 Å². The molecule has 8 heteroatoms. The van der Waals surface area contributed by atoms with Crippen molar-refractivity contribution >= 4 is 17.6 Å². The van der Waals surface area contributed by atoms with Gasteiger partial charge in [-0.05, 0) is 39.8 Å². The summed E-state index contributed by atoms with van der Waals surface area (Å²) in [5, 5.41) is 12.3. The third-order valence-electron chi connectivity index (χ3n) is 3.18. The molecule has 2 aromatic rings. The average Bonchev–Trinajstić information content (AvgIpc) is 2.93. The van der Waals surface area contributed by atoms with Crippen molar-refractivity contribution in [1.82, 2.24) is 25.4 Å². The van der Waals surface area contributed by atoms with Crippen LogP contribution in [0.25, 0.3) is 0 Å². The quantitative estimate of drug-likeness (QED) is 0.769. The Morgan fingerprint density at radius 2 is 2.04 bits per heavy atom. The van der Waals surface area contributed by atoms with Gasteiger partial charge in [-0.1, -0.05) is 6.07 Å². The molecule has 0 spiro atoms. The summed E-state index contributed by atoms with van der Waals surface area (Å²) in [5.74, 6) is -0.242. The van der Waals surface area contributed by atoms with Crippen LogP contribution in [0.3, 0.4) is 0 Å². The second-order valence-electron chi connectivity index (χ2n) is 6.81. The highest BCUT2D eigenvalue weighted by Crippen LogP contribution is 2.07. The summed E-state index contributed by atoms with van der Waals surface area (Å²) in [6, 6.07) is 4.54. The Balaban J connectivity index is 1.85. The van der Waals surface area contributed by atoms with Gasteiger partial charge in [-0.3, -0.25) is 14.5 Å². The minimum Gasteiger partial charge on any atom is -0.350 e. The van der Waals surface area contributed by atoms with Crippen LogP contribution in [-0.2, 0) is 11.3 Å². The van der Waals surface area contributed by atoms with Crippen LogP contribution in [0.15, 0.2) is 36.8 Å². The molecule has 0 aliphatic rings. The first-order chi connectivity index (χ1) is 11.7. The van der Waals surface area contributed by atoms with Crippen LogP contribution in [-0.4, -0.2) is 38.3 Å². The molecule has 0 bridgehead atoms. The van der Waals surface area contributed by atoms with Gasteiger partial charge in [0.25, 0.3) is 0 Å². The molecule has 0 aliphatic carbocycles. The highest BCUT2D eigenvalue weighted by atomic mass is 16.2. The van der Waals surface area contributed by atoms with Crippen molar-refractivity contribution in [2.75, 3.05) is 5.32 Å². The lowest BCUT2D eigenvalue weighted by atomic mass is 10.1. The fraction of sp³-hybridized carbons (Fsp3) is 0.412. The van der Waals surface area contributed by atoms with Crippen LogP contribution >= 0.6 is 0 Å². The molecule has 0 saturated carbocycles. The van der Waals surface area contributed by atoms with Crippen LogP contribution < -0.4 is 16.0 Å². The molecular weight excluding hydrogens is 320 g/mol. The van der Waals surface area contributed by atoms with Crippen molar-refractivity contribution in [2.24, 2.45) is 0 Å². The molecule has 1 atom stereocenters. The molecule has 0 fully saturated rings. The molecule has 134 valence electrons. The van der Waals surface area contributed by atoms with Crippen molar-refractivity contribution in [3.05, 3.63) is 42.5 Å². The van der Waals surface area contributed by atoms with Gasteiger partial charge in [-0.15, -0.1) is 0 Å². The molecule has 0 aliphatic heterocycles. The van der Waals surface area contributed by atoms with Crippen molar-refractivity contribution < 1.29 is 9.59 Å². The number of amides is 3. The molecule has 3 N–H and O–H groups in total. The number of anilines is 1. The van der Waals surface area contributed by atoms with E-state index in [2.05, 4.69) is 26.0 Å². The molecular formula is C17H24N6O2. The average molecular weight is 344 g/mol. The molecule has 0 saturated heterocycles. The van der Waals surface area contributed by atoms with E-state index in [9.17, 15) is 9.59 Å². The first-order valence-electron chi connectivity index (χ1n) is 8.05. The van der Waals surface area contributed by atoms with E-state index >= 15 is 0 Å². The van der Waals surface area contributed by atoms with Crippen LogP contribution in [0.5, 0.6) is 0 Å². The zero-order valence-electron chi connectivity index (χ0n) is 14.9. The van der Waals surface area contributed by atoms with E-state index in [0.29, 0.717) is 12.2 Å². The van der Waals surface area contributed by atoms with E-state index in [4.69, 9.17) is 0 Å². The normalized spacial score (nSPS) is 12.3. The molecule has 2 heterocycles. The number of nitrogens with zero attached hydrogens (tertiary/aromatic N) is 3. The van der Waals surface area contributed by atoms with Gasteiger partial charge in [0.15, 0.2) is 0 Å².